The van der Waals surface area contributed by atoms with Gasteiger partial charge in [-0.05, 0) is 13.3 Å². The maximum Gasteiger partial charge on any atom is 0.505 e. The first-order chi connectivity index (χ1) is 8.60. The van der Waals surface area contributed by atoms with Gasteiger partial charge in [0.1, 0.15) is 0 Å². The van der Waals surface area contributed by atoms with Gasteiger partial charge in [0.2, 0.25) is 11.3 Å². The van der Waals surface area contributed by atoms with E-state index in [0.717, 1.165) is 6.42 Å². The number of carbonyl (C=O) groups is 2. The molecule has 1 N–H and O–H groups in total. The van der Waals surface area contributed by atoms with Gasteiger partial charge >= 0.3 is 11.7 Å². The molecule has 0 aromatic rings. The van der Waals surface area contributed by atoms with Gasteiger partial charge in [0.15, 0.2) is 10.7 Å². The van der Waals surface area contributed by atoms with Gasteiger partial charge in [-0.1, -0.05) is 0 Å². The van der Waals surface area contributed by atoms with Crippen LogP contribution < -0.4 is 0 Å². The summed E-state index contributed by atoms with van der Waals surface area (Å²) in [5, 5.41) is 18.3. The summed E-state index contributed by atoms with van der Waals surface area (Å²) in [5.41, 5.74) is -0.511. The fourth-order valence-electron chi connectivity index (χ4n) is 1.72. The number of ether oxygens (including phenoxy) is 1. The number of hydrogen-bond donors (Lipinski definition) is 1. The highest BCUT2D eigenvalue weighted by Crippen LogP contribution is 2.14. The van der Waals surface area contributed by atoms with Crippen molar-refractivity contribution >= 4 is 11.9 Å². The van der Waals surface area contributed by atoms with Crippen LogP contribution >= 0.6 is 0 Å². The van der Waals surface area contributed by atoms with Gasteiger partial charge in [-0.3, -0.25) is 4.79 Å². The van der Waals surface area contributed by atoms with Gasteiger partial charge in [0.05, 0.1) is 6.61 Å². The van der Waals surface area contributed by atoms with Gasteiger partial charge in [-0.15, -0.1) is 0 Å². The Balaban J connectivity index is 2.60. The Morgan fingerprint density at radius 3 is 2.83 bits per heavy atom. The zero-order valence-corrected chi connectivity index (χ0v) is 10.3. The van der Waals surface area contributed by atoms with Crippen LogP contribution in [0.3, 0.4) is 0 Å². The number of likely N-dealkylation sites (tertiary alicyclic amines) is 1. The number of aliphatic hydroxyl groups excluding tert-OH is 1. The van der Waals surface area contributed by atoms with Crippen molar-refractivity contribution in [3.05, 3.63) is 16.4 Å². The van der Waals surface area contributed by atoms with E-state index in [4.69, 9.17) is 5.39 Å². The number of carbonyl (C=O) groups excluding carboxylic acids is 2. The van der Waals surface area contributed by atoms with E-state index in [1.807, 2.05) is 0 Å². The molecule has 0 unspecified atom stereocenters. The summed E-state index contributed by atoms with van der Waals surface area (Å²) in [6.45, 7) is 2.67. The van der Waals surface area contributed by atoms with Crippen LogP contribution in [0.15, 0.2) is 11.5 Å². The molecule has 0 aromatic carbocycles. The van der Waals surface area contributed by atoms with Gasteiger partial charge in [0.25, 0.3) is 0 Å². The summed E-state index contributed by atoms with van der Waals surface area (Å²) in [6.07, 6.45) is 1.38. The topological polar surface area (TPSA) is 95.0 Å². The Morgan fingerprint density at radius 1 is 1.61 bits per heavy atom. The minimum absolute atomic E-state index is 0.0291. The smallest absolute Gasteiger partial charge is 0.505 e. The molecule has 1 aliphatic heterocycles. The van der Waals surface area contributed by atoms with E-state index < -0.39 is 11.7 Å². The predicted molar refractivity (Wildman–Crippen MR) is 61.8 cm³/mol. The molecule has 1 fully saturated rings. The van der Waals surface area contributed by atoms with Crippen molar-refractivity contribution in [3.63, 3.8) is 0 Å². The second-order valence-electron chi connectivity index (χ2n) is 3.85. The predicted octanol–water partition coefficient (Wildman–Crippen LogP) is 1.18. The van der Waals surface area contributed by atoms with Crippen molar-refractivity contribution in [2.45, 2.75) is 26.2 Å². The van der Waals surface area contributed by atoms with Gasteiger partial charge in [0, 0.05) is 25.9 Å². The third kappa shape index (κ3) is 3.45. The Bertz CT molecular complexity index is 411. The van der Waals surface area contributed by atoms with E-state index in [0.29, 0.717) is 19.5 Å². The van der Waals surface area contributed by atoms with E-state index in [-0.39, 0.29) is 24.7 Å². The molecule has 0 atom stereocenters. The number of aliphatic hydroxyl groups is 1. The molecular formula is C11H16N3O4+. The van der Waals surface area contributed by atoms with Crippen LogP contribution in [0.5, 0.6) is 0 Å². The molecule has 1 heterocycles. The highest BCUT2D eigenvalue weighted by Gasteiger charge is 2.31. The lowest BCUT2D eigenvalue weighted by Crippen LogP contribution is -2.26. The number of amides is 1. The standard InChI is InChI=1S/C11H15N3O4/c1-2-18-11(17)10(13-12)8(15)5-7-14-6-3-4-9(14)16/h2-7H2,1H3/p+1. The van der Waals surface area contributed by atoms with Gasteiger partial charge in [-0.25, -0.2) is 4.79 Å². The van der Waals surface area contributed by atoms with Gasteiger partial charge in [-0.2, -0.15) is 0 Å². The molecule has 0 radical (unpaired) electrons. The molecule has 7 heteroatoms. The van der Waals surface area contributed by atoms with Crippen LogP contribution in [0.2, 0.25) is 0 Å². The lowest BCUT2D eigenvalue weighted by molar-refractivity contribution is -0.138. The van der Waals surface area contributed by atoms with Crippen molar-refractivity contribution in [3.8, 4) is 0 Å². The largest absolute Gasteiger partial charge is 0.505 e. The Kier molecular flexibility index (Phi) is 5.11. The number of nitrogens with zero attached hydrogens (tertiary/aromatic N) is 3. The third-order valence-electron chi connectivity index (χ3n) is 2.63. The molecule has 0 aromatic heterocycles. The van der Waals surface area contributed by atoms with Crippen LogP contribution in [0, 0.1) is 5.39 Å². The Hall–Kier alpha value is -2.10. The van der Waals surface area contributed by atoms with E-state index >= 15 is 0 Å². The normalized spacial score (nSPS) is 16.2. The van der Waals surface area contributed by atoms with Crippen molar-refractivity contribution < 1.29 is 19.4 Å². The summed E-state index contributed by atoms with van der Waals surface area (Å²) in [4.78, 5) is 26.9. The molecule has 7 nitrogen and oxygen atoms in total. The Labute approximate surface area is 105 Å². The molecule has 1 saturated heterocycles. The van der Waals surface area contributed by atoms with Crippen molar-refractivity contribution in [1.29, 1.82) is 5.39 Å². The molecule has 0 spiro atoms. The molecule has 98 valence electrons. The van der Waals surface area contributed by atoms with E-state index in [1.54, 1.807) is 11.8 Å². The summed E-state index contributed by atoms with van der Waals surface area (Å²) in [5.74, 6) is -1.23. The molecule has 1 aliphatic rings. The molecular weight excluding hydrogens is 238 g/mol. The van der Waals surface area contributed by atoms with Crippen LogP contribution in [0.4, 0.5) is 0 Å². The average Bonchev–Trinajstić information content (AvgIpc) is 2.73. The molecule has 0 bridgehead atoms. The van der Waals surface area contributed by atoms with Crippen LogP contribution in [-0.4, -0.2) is 41.6 Å². The molecule has 18 heavy (non-hydrogen) atoms. The monoisotopic (exact) mass is 254 g/mol. The average molecular weight is 254 g/mol. The first-order valence-electron chi connectivity index (χ1n) is 5.82. The summed E-state index contributed by atoms with van der Waals surface area (Å²) < 4.78 is 4.62. The fraction of sp³-hybridized carbons (Fsp3) is 0.636. The van der Waals surface area contributed by atoms with Crippen LogP contribution in [0.1, 0.15) is 26.2 Å². The zero-order valence-electron chi connectivity index (χ0n) is 10.3. The highest BCUT2D eigenvalue weighted by atomic mass is 16.5. The lowest BCUT2D eigenvalue weighted by Gasteiger charge is -2.13. The SMILES string of the molecule is CCOC(=O)/C([N+]#N)=C(\O)CCN1CCCC1=O. The summed E-state index contributed by atoms with van der Waals surface area (Å²) >= 11 is 0. The van der Waals surface area contributed by atoms with Crippen molar-refractivity contribution in [2.24, 2.45) is 0 Å². The summed E-state index contributed by atoms with van der Waals surface area (Å²) in [6, 6.07) is 0. The Morgan fingerprint density at radius 2 is 2.33 bits per heavy atom. The van der Waals surface area contributed by atoms with Crippen molar-refractivity contribution in [2.75, 3.05) is 19.7 Å². The zero-order chi connectivity index (χ0) is 13.5. The number of diazo groups is 1. The second kappa shape index (κ2) is 6.59. The maximum atomic E-state index is 11.3. The quantitative estimate of drug-likeness (QED) is 0.344. The first-order valence-corrected chi connectivity index (χ1v) is 5.82. The summed E-state index contributed by atoms with van der Waals surface area (Å²) in [7, 11) is 0. The molecule has 0 aliphatic carbocycles. The highest BCUT2D eigenvalue weighted by molar-refractivity contribution is 5.90. The van der Waals surface area contributed by atoms with E-state index in [2.05, 4.69) is 9.71 Å². The second-order valence-corrected chi connectivity index (χ2v) is 3.85. The van der Waals surface area contributed by atoms with E-state index in [1.165, 1.54) is 0 Å². The van der Waals surface area contributed by atoms with Crippen LogP contribution in [0.25, 0.3) is 4.98 Å². The molecule has 0 saturated carbocycles. The molecule has 1 rings (SSSR count). The number of hydrogen-bond acceptors (Lipinski definition) is 5. The van der Waals surface area contributed by atoms with E-state index in [9.17, 15) is 14.7 Å². The third-order valence-corrected chi connectivity index (χ3v) is 2.63. The minimum atomic E-state index is -0.884. The number of rotatable bonds is 5. The van der Waals surface area contributed by atoms with Gasteiger partial charge < -0.3 is 14.7 Å². The lowest BCUT2D eigenvalue weighted by atomic mass is 10.2. The van der Waals surface area contributed by atoms with Crippen molar-refractivity contribution in [1.82, 2.24) is 4.90 Å². The fourth-order valence-corrected chi connectivity index (χ4v) is 1.72. The molecule has 1 amide bonds. The van der Waals surface area contributed by atoms with Crippen LogP contribution in [-0.2, 0) is 14.3 Å². The maximum absolute atomic E-state index is 11.3. The minimum Gasteiger partial charge on any atom is -0.505 e. The first kappa shape index (κ1) is 14.0. The number of esters is 1.